The highest BCUT2D eigenvalue weighted by atomic mass is 16.6. The van der Waals surface area contributed by atoms with Gasteiger partial charge < -0.3 is 20.1 Å². The van der Waals surface area contributed by atoms with Crippen LogP contribution in [0.3, 0.4) is 0 Å². The predicted molar refractivity (Wildman–Crippen MR) is 99.7 cm³/mol. The molecule has 1 unspecified atom stereocenters. The third kappa shape index (κ3) is 5.53. The second-order valence-corrected chi connectivity index (χ2v) is 7.55. The van der Waals surface area contributed by atoms with Crippen molar-refractivity contribution in [2.75, 3.05) is 32.0 Å². The maximum absolute atomic E-state index is 12.3. The van der Waals surface area contributed by atoms with E-state index in [4.69, 9.17) is 15.2 Å². The molecule has 6 nitrogen and oxygen atoms in total. The number of rotatable bonds is 4. The Morgan fingerprint density at radius 1 is 1.32 bits per heavy atom. The fourth-order valence-electron chi connectivity index (χ4n) is 2.96. The maximum atomic E-state index is 12.3. The van der Waals surface area contributed by atoms with Gasteiger partial charge in [-0.25, -0.2) is 4.79 Å². The van der Waals surface area contributed by atoms with Gasteiger partial charge in [0.1, 0.15) is 11.4 Å². The molecule has 0 saturated carbocycles. The molecule has 1 heterocycles. The molecule has 6 heteroatoms. The van der Waals surface area contributed by atoms with Crippen molar-refractivity contribution in [3.8, 4) is 5.75 Å². The molecule has 1 aromatic carbocycles. The Kier molecular flexibility index (Phi) is 6.16. The lowest BCUT2D eigenvalue weighted by atomic mass is 10.1. The van der Waals surface area contributed by atoms with Crippen LogP contribution in [0.1, 0.15) is 40.2 Å². The number of nitrogen functional groups attached to an aromatic ring is 1. The molecule has 0 bridgehead atoms. The van der Waals surface area contributed by atoms with Crippen LogP contribution in [0.5, 0.6) is 5.75 Å². The average molecular weight is 349 g/mol. The van der Waals surface area contributed by atoms with Crippen molar-refractivity contribution in [2.24, 2.45) is 0 Å². The van der Waals surface area contributed by atoms with E-state index in [1.165, 1.54) is 0 Å². The Hall–Kier alpha value is -1.95. The Balaban J connectivity index is 2.00. The van der Waals surface area contributed by atoms with Crippen LogP contribution in [0.25, 0.3) is 0 Å². The standard InChI is InChI=1S/C19H31N3O3/c1-6-24-17-8-7-16(20)11-15(17)13-21-9-10-22(12-14(21)2)18(23)25-19(3,4)5/h7-8,11,14H,6,9-10,12-13,20H2,1-5H3. The first-order valence-electron chi connectivity index (χ1n) is 8.92. The van der Waals surface area contributed by atoms with Crippen LogP contribution in [0.2, 0.25) is 0 Å². The smallest absolute Gasteiger partial charge is 0.410 e. The van der Waals surface area contributed by atoms with Gasteiger partial charge in [-0.2, -0.15) is 0 Å². The van der Waals surface area contributed by atoms with Gasteiger partial charge in [-0.3, -0.25) is 4.90 Å². The van der Waals surface area contributed by atoms with Crippen LogP contribution >= 0.6 is 0 Å². The summed E-state index contributed by atoms with van der Waals surface area (Å²) < 4.78 is 11.2. The Morgan fingerprint density at radius 2 is 2.04 bits per heavy atom. The van der Waals surface area contributed by atoms with Crippen molar-refractivity contribution in [3.05, 3.63) is 23.8 Å². The fraction of sp³-hybridized carbons (Fsp3) is 0.632. The number of ether oxygens (including phenoxy) is 2. The van der Waals surface area contributed by atoms with Crippen molar-refractivity contribution in [1.29, 1.82) is 0 Å². The topological polar surface area (TPSA) is 68.0 Å². The number of carbonyl (C=O) groups is 1. The van der Waals surface area contributed by atoms with Gasteiger partial charge in [-0.05, 0) is 52.8 Å². The van der Waals surface area contributed by atoms with Gasteiger partial charge >= 0.3 is 6.09 Å². The van der Waals surface area contributed by atoms with Crippen LogP contribution in [0.15, 0.2) is 18.2 Å². The van der Waals surface area contributed by atoms with Gasteiger partial charge in [0.15, 0.2) is 0 Å². The number of nitrogens with two attached hydrogens (primary N) is 1. The molecular weight excluding hydrogens is 318 g/mol. The molecule has 1 fully saturated rings. The number of anilines is 1. The molecule has 1 aliphatic heterocycles. The van der Waals surface area contributed by atoms with Gasteiger partial charge in [-0.15, -0.1) is 0 Å². The first-order chi connectivity index (χ1) is 11.7. The molecule has 0 aliphatic carbocycles. The third-order valence-electron chi connectivity index (χ3n) is 4.17. The summed E-state index contributed by atoms with van der Waals surface area (Å²) in [6.45, 7) is 13.3. The summed E-state index contributed by atoms with van der Waals surface area (Å²) in [5.74, 6) is 0.874. The van der Waals surface area contributed by atoms with E-state index >= 15 is 0 Å². The Bertz CT molecular complexity index is 598. The number of carbonyl (C=O) groups excluding carboxylic acids is 1. The van der Waals surface area contributed by atoms with Crippen molar-refractivity contribution in [2.45, 2.75) is 52.8 Å². The molecule has 2 rings (SSSR count). The number of piperazine rings is 1. The zero-order valence-electron chi connectivity index (χ0n) is 16.0. The molecule has 0 radical (unpaired) electrons. The molecule has 1 atom stereocenters. The van der Waals surface area contributed by atoms with E-state index < -0.39 is 5.60 Å². The van der Waals surface area contributed by atoms with Gasteiger partial charge in [0.2, 0.25) is 0 Å². The maximum Gasteiger partial charge on any atom is 0.410 e. The number of benzene rings is 1. The fourth-order valence-corrected chi connectivity index (χ4v) is 2.96. The highest BCUT2D eigenvalue weighted by Crippen LogP contribution is 2.25. The van der Waals surface area contributed by atoms with Crippen molar-refractivity contribution in [1.82, 2.24) is 9.80 Å². The van der Waals surface area contributed by atoms with E-state index in [0.717, 1.165) is 30.1 Å². The van der Waals surface area contributed by atoms with Crippen LogP contribution in [-0.2, 0) is 11.3 Å². The zero-order chi connectivity index (χ0) is 18.6. The van der Waals surface area contributed by atoms with Gasteiger partial charge in [0, 0.05) is 43.5 Å². The molecule has 25 heavy (non-hydrogen) atoms. The lowest BCUT2D eigenvalue weighted by molar-refractivity contribution is 0.00449. The minimum absolute atomic E-state index is 0.233. The lowest BCUT2D eigenvalue weighted by Crippen LogP contribution is -2.54. The number of hydrogen-bond donors (Lipinski definition) is 1. The van der Waals surface area contributed by atoms with Crippen LogP contribution < -0.4 is 10.5 Å². The molecule has 1 amide bonds. The molecule has 140 valence electrons. The largest absolute Gasteiger partial charge is 0.494 e. The van der Waals surface area contributed by atoms with Crippen LogP contribution in [0.4, 0.5) is 10.5 Å². The van der Waals surface area contributed by atoms with E-state index in [0.29, 0.717) is 19.7 Å². The third-order valence-corrected chi connectivity index (χ3v) is 4.17. The molecule has 1 saturated heterocycles. The summed E-state index contributed by atoms with van der Waals surface area (Å²) in [5, 5.41) is 0. The molecule has 0 aromatic heterocycles. The minimum Gasteiger partial charge on any atom is -0.494 e. The molecular formula is C19H31N3O3. The quantitative estimate of drug-likeness (QED) is 0.846. The zero-order valence-corrected chi connectivity index (χ0v) is 16.0. The van der Waals surface area contributed by atoms with Crippen molar-refractivity contribution >= 4 is 11.8 Å². The van der Waals surface area contributed by atoms with Crippen molar-refractivity contribution < 1.29 is 14.3 Å². The molecule has 0 spiro atoms. The Labute approximate surface area is 150 Å². The number of amides is 1. The summed E-state index contributed by atoms with van der Waals surface area (Å²) in [4.78, 5) is 16.4. The van der Waals surface area contributed by atoms with Gasteiger partial charge in [0.05, 0.1) is 6.61 Å². The molecule has 2 N–H and O–H groups in total. The first-order valence-corrected chi connectivity index (χ1v) is 8.92. The van der Waals surface area contributed by atoms with Gasteiger partial charge in [-0.1, -0.05) is 0 Å². The first kappa shape index (κ1) is 19.4. The van der Waals surface area contributed by atoms with E-state index in [9.17, 15) is 4.79 Å². The second kappa shape index (κ2) is 7.95. The predicted octanol–water partition coefficient (Wildman–Crippen LogP) is 3.11. The van der Waals surface area contributed by atoms with Crippen molar-refractivity contribution in [3.63, 3.8) is 0 Å². The average Bonchev–Trinajstić information content (AvgIpc) is 2.50. The highest BCUT2D eigenvalue weighted by Gasteiger charge is 2.30. The minimum atomic E-state index is -0.467. The molecule has 1 aromatic rings. The summed E-state index contributed by atoms with van der Waals surface area (Å²) in [7, 11) is 0. The Morgan fingerprint density at radius 3 is 2.64 bits per heavy atom. The van der Waals surface area contributed by atoms with E-state index in [1.54, 1.807) is 4.90 Å². The number of nitrogens with zero attached hydrogens (tertiary/aromatic N) is 2. The van der Waals surface area contributed by atoms with E-state index in [-0.39, 0.29) is 12.1 Å². The normalized spacial score (nSPS) is 18.9. The summed E-state index contributed by atoms with van der Waals surface area (Å²) in [6, 6.07) is 5.99. The van der Waals surface area contributed by atoms with E-state index in [2.05, 4.69) is 11.8 Å². The van der Waals surface area contributed by atoms with Crippen LogP contribution in [-0.4, -0.2) is 53.8 Å². The number of hydrogen-bond acceptors (Lipinski definition) is 5. The second-order valence-electron chi connectivity index (χ2n) is 7.55. The lowest BCUT2D eigenvalue weighted by Gasteiger charge is -2.40. The highest BCUT2D eigenvalue weighted by molar-refractivity contribution is 5.68. The summed E-state index contributed by atoms with van der Waals surface area (Å²) >= 11 is 0. The SMILES string of the molecule is CCOc1ccc(N)cc1CN1CCN(C(=O)OC(C)(C)C)CC1C. The molecule has 1 aliphatic rings. The summed E-state index contributed by atoms with van der Waals surface area (Å²) in [6.07, 6.45) is -0.238. The van der Waals surface area contributed by atoms with E-state index in [1.807, 2.05) is 45.9 Å². The van der Waals surface area contributed by atoms with Gasteiger partial charge in [0.25, 0.3) is 0 Å². The van der Waals surface area contributed by atoms with Crippen LogP contribution in [0, 0.1) is 0 Å². The monoisotopic (exact) mass is 349 g/mol. The summed E-state index contributed by atoms with van der Waals surface area (Å²) in [5.41, 5.74) is 7.29.